The second-order valence-electron chi connectivity index (χ2n) is 4.85. The lowest BCUT2D eigenvalue weighted by atomic mass is 10.0. The largest absolute Gasteiger partial charge is 0.370 e. The summed E-state index contributed by atoms with van der Waals surface area (Å²) in [7, 11) is 0. The van der Waals surface area contributed by atoms with Crippen LogP contribution in [0.3, 0.4) is 0 Å². The van der Waals surface area contributed by atoms with Crippen molar-refractivity contribution in [1.82, 2.24) is 15.0 Å². The standard InChI is InChI=1S/C14H18N4S/c1-2-15-12-9-11(10-5-3-4-6-10)17-13(18-12)14-16-7-8-19-14/h7-10H,2-6H2,1H3,(H,15,17,18). The molecule has 1 saturated carbocycles. The normalized spacial score (nSPS) is 15.8. The van der Waals surface area contributed by atoms with Crippen molar-refractivity contribution in [3.05, 3.63) is 23.3 Å². The number of rotatable bonds is 4. The molecule has 1 N–H and O–H groups in total. The maximum atomic E-state index is 4.74. The number of anilines is 1. The van der Waals surface area contributed by atoms with E-state index in [0.29, 0.717) is 5.92 Å². The lowest BCUT2D eigenvalue weighted by molar-refractivity contribution is 0.695. The summed E-state index contributed by atoms with van der Waals surface area (Å²) >= 11 is 1.59. The summed E-state index contributed by atoms with van der Waals surface area (Å²) in [6, 6.07) is 2.11. The molecule has 2 aromatic rings. The first-order valence-corrected chi connectivity index (χ1v) is 7.77. The molecule has 2 aromatic heterocycles. The summed E-state index contributed by atoms with van der Waals surface area (Å²) in [6.07, 6.45) is 6.94. The minimum absolute atomic E-state index is 0.596. The second-order valence-corrected chi connectivity index (χ2v) is 5.75. The Morgan fingerprint density at radius 1 is 1.32 bits per heavy atom. The van der Waals surface area contributed by atoms with Gasteiger partial charge in [0.1, 0.15) is 5.82 Å². The summed E-state index contributed by atoms with van der Waals surface area (Å²) in [6.45, 7) is 2.96. The molecule has 0 bridgehead atoms. The van der Waals surface area contributed by atoms with Crippen molar-refractivity contribution in [2.45, 2.75) is 38.5 Å². The van der Waals surface area contributed by atoms with Crippen molar-refractivity contribution < 1.29 is 0 Å². The van der Waals surface area contributed by atoms with Crippen LogP contribution in [-0.2, 0) is 0 Å². The minimum atomic E-state index is 0.596. The highest BCUT2D eigenvalue weighted by Gasteiger charge is 2.20. The topological polar surface area (TPSA) is 50.7 Å². The fourth-order valence-corrected chi connectivity index (χ4v) is 3.17. The third-order valence-corrected chi connectivity index (χ3v) is 4.27. The second kappa shape index (κ2) is 5.65. The predicted molar refractivity (Wildman–Crippen MR) is 78.5 cm³/mol. The quantitative estimate of drug-likeness (QED) is 0.923. The van der Waals surface area contributed by atoms with E-state index < -0.39 is 0 Å². The summed E-state index contributed by atoms with van der Waals surface area (Å²) < 4.78 is 0. The van der Waals surface area contributed by atoms with Crippen molar-refractivity contribution >= 4 is 17.2 Å². The van der Waals surface area contributed by atoms with Crippen LogP contribution >= 0.6 is 11.3 Å². The number of aromatic nitrogens is 3. The van der Waals surface area contributed by atoms with E-state index in [1.807, 2.05) is 5.38 Å². The predicted octanol–water partition coefficient (Wildman–Crippen LogP) is 3.69. The van der Waals surface area contributed by atoms with E-state index in [-0.39, 0.29) is 0 Å². The fraction of sp³-hybridized carbons (Fsp3) is 0.500. The van der Waals surface area contributed by atoms with Gasteiger partial charge in [0, 0.05) is 35.8 Å². The molecule has 0 atom stereocenters. The first-order valence-electron chi connectivity index (χ1n) is 6.89. The summed E-state index contributed by atoms with van der Waals surface area (Å²) in [5.41, 5.74) is 1.17. The van der Waals surface area contributed by atoms with Crippen LogP contribution in [0.2, 0.25) is 0 Å². The molecule has 0 radical (unpaired) electrons. The molecule has 19 heavy (non-hydrogen) atoms. The van der Waals surface area contributed by atoms with E-state index in [9.17, 15) is 0 Å². The molecule has 100 valence electrons. The highest BCUT2D eigenvalue weighted by atomic mass is 32.1. The molecule has 0 aliphatic heterocycles. The van der Waals surface area contributed by atoms with Gasteiger partial charge in [-0.3, -0.25) is 0 Å². The molecule has 1 fully saturated rings. The average Bonchev–Trinajstić information content (AvgIpc) is 3.12. The van der Waals surface area contributed by atoms with Crippen LogP contribution in [0.4, 0.5) is 5.82 Å². The molecule has 3 rings (SSSR count). The summed E-state index contributed by atoms with van der Waals surface area (Å²) in [5.74, 6) is 2.28. The minimum Gasteiger partial charge on any atom is -0.370 e. The van der Waals surface area contributed by atoms with E-state index in [4.69, 9.17) is 4.98 Å². The Hall–Kier alpha value is -1.49. The number of nitrogens with one attached hydrogen (secondary N) is 1. The number of thiazole rings is 1. The Labute approximate surface area is 117 Å². The molecule has 4 nitrogen and oxygen atoms in total. The molecule has 1 aliphatic rings. The zero-order valence-electron chi connectivity index (χ0n) is 11.1. The molecule has 0 amide bonds. The van der Waals surface area contributed by atoms with Gasteiger partial charge in [0.15, 0.2) is 10.8 Å². The lowest BCUT2D eigenvalue weighted by Gasteiger charge is -2.12. The molecular formula is C14H18N4S. The first-order chi connectivity index (χ1) is 9.36. The SMILES string of the molecule is CCNc1cc(C2CCCC2)nc(-c2nccs2)n1. The molecule has 2 heterocycles. The zero-order chi connectivity index (χ0) is 13.1. The highest BCUT2D eigenvalue weighted by Crippen LogP contribution is 2.34. The fourth-order valence-electron chi connectivity index (χ4n) is 2.60. The van der Waals surface area contributed by atoms with Gasteiger partial charge in [-0.25, -0.2) is 15.0 Å². The van der Waals surface area contributed by atoms with Gasteiger partial charge in [0.25, 0.3) is 0 Å². The molecule has 5 heteroatoms. The number of nitrogens with zero attached hydrogens (tertiary/aromatic N) is 3. The van der Waals surface area contributed by atoms with E-state index in [1.165, 1.54) is 31.4 Å². The van der Waals surface area contributed by atoms with Gasteiger partial charge in [-0.2, -0.15) is 0 Å². The smallest absolute Gasteiger partial charge is 0.190 e. The van der Waals surface area contributed by atoms with Gasteiger partial charge in [-0.15, -0.1) is 11.3 Å². The van der Waals surface area contributed by atoms with E-state index >= 15 is 0 Å². The third-order valence-electron chi connectivity index (χ3n) is 3.50. The molecule has 0 unspecified atom stereocenters. The number of hydrogen-bond acceptors (Lipinski definition) is 5. The van der Waals surface area contributed by atoms with Crippen molar-refractivity contribution in [1.29, 1.82) is 0 Å². The van der Waals surface area contributed by atoms with Crippen LogP contribution in [0.25, 0.3) is 10.8 Å². The van der Waals surface area contributed by atoms with Gasteiger partial charge in [0.05, 0.1) is 0 Å². The monoisotopic (exact) mass is 274 g/mol. The molecule has 0 spiro atoms. The molecule has 1 aliphatic carbocycles. The van der Waals surface area contributed by atoms with Crippen LogP contribution in [0.1, 0.15) is 44.2 Å². The summed E-state index contributed by atoms with van der Waals surface area (Å²) in [4.78, 5) is 13.6. The van der Waals surface area contributed by atoms with Gasteiger partial charge in [0.2, 0.25) is 0 Å². The molecule has 0 saturated heterocycles. The van der Waals surface area contributed by atoms with Crippen molar-refractivity contribution in [3.63, 3.8) is 0 Å². The van der Waals surface area contributed by atoms with Crippen molar-refractivity contribution in [3.8, 4) is 10.8 Å². The molecule has 0 aromatic carbocycles. The Balaban J connectivity index is 1.98. The Morgan fingerprint density at radius 2 is 2.16 bits per heavy atom. The van der Waals surface area contributed by atoms with Crippen LogP contribution in [0.15, 0.2) is 17.6 Å². The van der Waals surface area contributed by atoms with Crippen LogP contribution in [0.5, 0.6) is 0 Å². The van der Waals surface area contributed by atoms with E-state index in [0.717, 1.165) is 23.2 Å². The average molecular weight is 274 g/mol. The lowest BCUT2D eigenvalue weighted by Crippen LogP contribution is -2.06. The highest BCUT2D eigenvalue weighted by molar-refractivity contribution is 7.13. The zero-order valence-corrected chi connectivity index (χ0v) is 11.9. The van der Waals surface area contributed by atoms with Crippen LogP contribution in [-0.4, -0.2) is 21.5 Å². The van der Waals surface area contributed by atoms with Crippen molar-refractivity contribution in [2.75, 3.05) is 11.9 Å². The summed E-state index contributed by atoms with van der Waals surface area (Å²) in [5, 5.41) is 6.17. The van der Waals surface area contributed by atoms with Gasteiger partial charge < -0.3 is 5.32 Å². The Morgan fingerprint density at radius 3 is 2.84 bits per heavy atom. The van der Waals surface area contributed by atoms with E-state index in [1.54, 1.807) is 17.5 Å². The first kappa shape index (κ1) is 12.5. The maximum absolute atomic E-state index is 4.74. The maximum Gasteiger partial charge on any atom is 0.190 e. The van der Waals surface area contributed by atoms with Gasteiger partial charge >= 0.3 is 0 Å². The third kappa shape index (κ3) is 2.76. The van der Waals surface area contributed by atoms with Crippen LogP contribution < -0.4 is 5.32 Å². The van der Waals surface area contributed by atoms with Gasteiger partial charge in [-0.1, -0.05) is 12.8 Å². The van der Waals surface area contributed by atoms with Crippen LogP contribution in [0, 0.1) is 0 Å². The Kier molecular flexibility index (Phi) is 3.73. The Bertz CT molecular complexity index is 532. The van der Waals surface area contributed by atoms with Crippen molar-refractivity contribution in [2.24, 2.45) is 0 Å². The van der Waals surface area contributed by atoms with Gasteiger partial charge in [-0.05, 0) is 19.8 Å². The molecular weight excluding hydrogens is 256 g/mol. The van der Waals surface area contributed by atoms with E-state index in [2.05, 4.69) is 28.3 Å². The number of hydrogen-bond donors (Lipinski definition) is 1.